The van der Waals surface area contributed by atoms with Gasteiger partial charge in [0.1, 0.15) is 11.5 Å². The van der Waals surface area contributed by atoms with Crippen molar-refractivity contribution in [1.82, 2.24) is 0 Å². The minimum absolute atomic E-state index is 0.242. The Labute approximate surface area is 110 Å². The van der Waals surface area contributed by atoms with Crippen LogP contribution in [-0.4, -0.2) is 12.4 Å². The van der Waals surface area contributed by atoms with E-state index in [9.17, 15) is 4.79 Å². The molecule has 0 heterocycles. The van der Waals surface area contributed by atoms with Gasteiger partial charge in [0.2, 0.25) is 0 Å². The lowest BCUT2D eigenvalue weighted by molar-refractivity contribution is -0.121. The number of carbonyl (C=O) groups excluding carboxylic acids is 1. The summed E-state index contributed by atoms with van der Waals surface area (Å²) < 4.78 is 6.77. The van der Waals surface area contributed by atoms with E-state index in [1.165, 1.54) is 5.56 Å². The molecule has 1 aromatic carbocycles. The summed E-state index contributed by atoms with van der Waals surface area (Å²) >= 11 is 3.46. The fraction of sp³-hybridized carbons (Fsp3) is 0.500. The van der Waals surface area contributed by atoms with Crippen LogP contribution in [0.3, 0.4) is 0 Å². The Balaban J connectivity index is 1.81. The fourth-order valence-corrected chi connectivity index (χ4v) is 2.47. The van der Waals surface area contributed by atoms with E-state index in [1.807, 2.05) is 25.1 Å². The first kappa shape index (κ1) is 12.6. The van der Waals surface area contributed by atoms with Crippen molar-refractivity contribution >= 4 is 21.7 Å². The van der Waals surface area contributed by atoms with Crippen LogP contribution in [0.25, 0.3) is 0 Å². The van der Waals surface area contributed by atoms with E-state index >= 15 is 0 Å². The number of hydrogen-bond donors (Lipinski definition) is 0. The quantitative estimate of drug-likeness (QED) is 0.842. The molecule has 3 heteroatoms. The van der Waals surface area contributed by atoms with Crippen LogP contribution in [0.2, 0.25) is 0 Å². The minimum Gasteiger partial charge on any atom is -0.494 e. The molecule has 17 heavy (non-hydrogen) atoms. The molecule has 0 amide bonds. The topological polar surface area (TPSA) is 26.3 Å². The average Bonchev–Trinajstić information content (AvgIpc) is 2.70. The maximum absolute atomic E-state index is 11.5. The molecule has 1 aliphatic rings. The van der Waals surface area contributed by atoms with Crippen LogP contribution in [0.5, 0.6) is 5.75 Å². The highest BCUT2D eigenvalue weighted by molar-refractivity contribution is 9.10. The van der Waals surface area contributed by atoms with Crippen LogP contribution in [0.15, 0.2) is 22.7 Å². The van der Waals surface area contributed by atoms with E-state index in [-0.39, 0.29) is 5.92 Å². The second-order valence-corrected chi connectivity index (χ2v) is 5.46. The Morgan fingerprint density at radius 2 is 2.29 bits per heavy atom. The van der Waals surface area contributed by atoms with E-state index in [0.717, 1.165) is 35.9 Å². The number of benzene rings is 1. The van der Waals surface area contributed by atoms with Gasteiger partial charge in [-0.15, -0.1) is 0 Å². The highest BCUT2D eigenvalue weighted by Gasteiger charge is 2.23. The van der Waals surface area contributed by atoms with Gasteiger partial charge in [-0.3, -0.25) is 4.79 Å². The predicted molar refractivity (Wildman–Crippen MR) is 71.3 cm³/mol. The van der Waals surface area contributed by atoms with Crippen LogP contribution in [-0.2, 0) is 4.79 Å². The normalized spacial score (nSPS) is 19.6. The lowest BCUT2D eigenvalue weighted by Crippen LogP contribution is -2.11. The summed E-state index contributed by atoms with van der Waals surface area (Å²) in [5.41, 5.74) is 1.17. The predicted octanol–water partition coefficient (Wildman–Crippen LogP) is 3.90. The molecule has 1 fully saturated rings. The number of halogens is 1. The van der Waals surface area contributed by atoms with Gasteiger partial charge in [0.05, 0.1) is 6.61 Å². The van der Waals surface area contributed by atoms with Gasteiger partial charge in [-0.1, -0.05) is 15.9 Å². The lowest BCUT2D eigenvalue weighted by atomic mass is 10.0. The first-order chi connectivity index (χ1) is 8.16. The molecular formula is C14H17BrO2. The van der Waals surface area contributed by atoms with E-state index in [0.29, 0.717) is 12.4 Å². The van der Waals surface area contributed by atoms with E-state index < -0.39 is 0 Å². The summed E-state index contributed by atoms with van der Waals surface area (Å²) in [7, 11) is 0. The highest BCUT2D eigenvalue weighted by Crippen LogP contribution is 2.25. The molecule has 1 saturated carbocycles. The van der Waals surface area contributed by atoms with Crippen molar-refractivity contribution in [2.45, 2.75) is 32.6 Å². The average molecular weight is 297 g/mol. The standard InChI is InChI=1S/C14H17BrO2/c1-10-9-12(5-6-13(10)15)17-8-7-11-3-2-4-14(11)16/h5-6,9,11H,2-4,7-8H2,1H3. The summed E-state index contributed by atoms with van der Waals surface area (Å²) in [6.45, 7) is 2.68. The number of ketones is 1. The van der Waals surface area contributed by atoms with Crippen LogP contribution >= 0.6 is 15.9 Å². The van der Waals surface area contributed by atoms with Gasteiger partial charge < -0.3 is 4.74 Å². The van der Waals surface area contributed by atoms with Crippen molar-refractivity contribution in [3.63, 3.8) is 0 Å². The molecule has 2 rings (SSSR count). The Morgan fingerprint density at radius 1 is 1.47 bits per heavy atom. The van der Waals surface area contributed by atoms with Crippen molar-refractivity contribution in [3.05, 3.63) is 28.2 Å². The zero-order valence-electron chi connectivity index (χ0n) is 10.0. The number of aryl methyl sites for hydroxylation is 1. The van der Waals surface area contributed by atoms with Gasteiger partial charge in [0.15, 0.2) is 0 Å². The fourth-order valence-electron chi connectivity index (χ4n) is 2.22. The monoisotopic (exact) mass is 296 g/mol. The molecule has 0 saturated heterocycles. The third-order valence-corrected chi connectivity index (χ3v) is 4.19. The van der Waals surface area contributed by atoms with Crippen LogP contribution in [0, 0.1) is 12.8 Å². The van der Waals surface area contributed by atoms with Crippen molar-refractivity contribution in [2.75, 3.05) is 6.61 Å². The van der Waals surface area contributed by atoms with Crippen LogP contribution in [0.1, 0.15) is 31.2 Å². The van der Waals surface area contributed by atoms with Gasteiger partial charge in [-0.2, -0.15) is 0 Å². The zero-order chi connectivity index (χ0) is 12.3. The van der Waals surface area contributed by atoms with Gasteiger partial charge in [0.25, 0.3) is 0 Å². The molecule has 1 aliphatic carbocycles. The molecule has 0 radical (unpaired) electrons. The number of rotatable bonds is 4. The van der Waals surface area contributed by atoms with E-state index in [2.05, 4.69) is 15.9 Å². The van der Waals surface area contributed by atoms with Crippen LogP contribution < -0.4 is 4.74 Å². The minimum atomic E-state index is 0.242. The Kier molecular flexibility index (Phi) is 4.21. The van der Waals surface area contributed by atoms with Crippen molar-refractivity contribution in [3.8, 4) is 5.75 Å². The lowest BCUT2D eigenvalue weighted by Gasteiger charge is -2.10. The van der Waals surface area contributed by atoms with Crippen molar-refractivity contribution < 1.29 is 9.53 Å². The Hall–Kier alpha value is -0.830. The molecule has 2 nitrogen and oxygen atoms in total. The Bertz CT molecular complexity index is 415. The van der Waals surface area contributed by atoms with Crippen molar-refractivity contribution in [2.24, 2.45) is 5.92 Å². The summed E-state index contributed by atoms with van der Waals surface area (Å²) in [6.07, 6.45) is 3.72. The summed E-state index contributed by atoms with van der Waals surface area (Å²) in [6, 6.07) is 5.96. The smallest absolute Gasteiger partial charge is 0.136 e. The van der Waals surface area contributed by atoms with Gasteiger partial charge in [-0.25, -0.2) is 0 Å². The van der Waals surface area contributed by atoms with Gasteiger partial charge in [-0.05, 0) is 49.9 Å². The molecule has 0 spiro atoms. The van der Waals surface area contributed by atoms with Crippen LogP contribution in [0.4, 0.5) is 0 Å². The SMILES string of the molecule is Cc1cc(OCCC2CCCC2=O)ccc1Br. The summed E-state index contributed by atoms with van der Waals surface area (Å²) in [5.74, 6) is 1.54. The molecular weight excluding hydrogens is 280 g/mol. The second-order valence-electron chi connectivity index (χ2n) is 4.60. The molecule has 1 atom stereocenters. The molecule has 0 N–H and O–H groups in total. The Morgan fingerprint density at radius 3 is 2.94 bits per heavy atom. The number of ether oxygens (including phenoxy) is 1. The molecule has 0 aliphatic heterocycles. The highest BCUT2D eigenvalue weighted by atomic mass is 79.9. The first-order valence-electron chi connectivity index (χ1n) is 6.08. The van der Waals surface area contributed by atoms with E-state index in [1.54, 1.807) is 0 Å². The van der Waals surface area contributed by atoms with Gasteiger partial charge in [0, 0.05) is 16.8 Å². The van der Waals surface area contributed by atoms with Gasteiger partial charge >= 0.3 is 0 Å². The molecule has 1 aromatic rings. The summed E-state index contributed by atoms with van der Waals surface area (Å²) in [4.78, 5) is 11.5. The number of Topliss-reactive ketones (excluding diaryl/α,β-unsaturated/α-hetero) is 1. The zero-order valence-corrected chi connectivity index (χ0v) is 11.6. The second kappa shape index (κ2) is 5.67. The third-order valence-electron chi connectivity index (χ3n) is 3.30. The first-order valence-corrected chi connectivity index (χ1v) is 6.88. The largest absolute Gasteiger partial charge is 0.494 e. The maximum atomic E-state index is 11.5. The summed E-state index contributed by atoms with van der Waals surface area (Å²) in [5, 5.41) is 0. The number of hydrogen-bond acceptors (Lipinski definition) is 2. The van der Waals surface area contributed by atoms with Crippen molar-refractivity contribution in [1.29, 1.82) is 0 Å². The molecule has 0 bridgehead atoms. The molecule has 0 aromatic heterocycles. The molecule has 1 unspecified atom stereocenters. The number of carbonyl (C=O) groups is 1. The third kappa shape index (κ3) is 3.32. The maximum Gasteiger partial charge on any atom is 0.136 e. The molecule has 92 valence electrons. The van der Waals surface area contributed by atoms with E-state index in [4.69, 9.17) is 4.74 Å².